The van der Waals surface area contributed by atoms with Crippen molar-refractivity contribution in [3.05, 3.63) is 0 Å². The first-order valence-corrected chi connectivity index (χ1v) is 7.18. The molecule has 2 N–H and O–H groups in total. The van der Waals surface area contributed by atoms with Gasteiger partial charge in [0.2, 0.25) is 0 Å². The van der Waals surface area contributed by atoms with Crippen molar-refractivity contribution in [3.63, 3.8) is 0 Å². The highest BCUT2D eigenvalue weighted by molar-refractivity contribution is 4.78. The van der Waals surface area contributed by atoms with Crippen molar-refractivity contribution in [2.75, 3.05) is 39.5 Å². The van der Waals surface area contributed by atoms with Crippen LogP contribution >= 0.6 is 0 Å². The molecule has 0 spiro atoms. The van der Waals surface area contributed by atoms with E-state index in [-0.39, 0.29) is 24.2 Å². The summed E-state index contributed by atoms with van der Waals surface area (Å²) in [5.74, 6) is 0.366. The van der Waals surface area contributed by atoms with Gasteiger partial charge in [0.1, 0.15) is 0 Å². The lowest BCUT2D eigenvalue weighted by atomic mass is 9.80. The maximum Gasteiger partial charge on any atom is 0.0598 e. The van der Waals surface area contributed by atoms with E-state index in [0.29, 0.717) is 25.6 Å². The third kappa shape index (κ3) is 9.38. The van der Waals surface area contributed by atoms with Gasteiger partial charge in [-0.25, -0.2) is 0 Å². The van der Waals surface area contributed by atoms with Gasteiger partial charge in [-0.1, -0.05) is 20.8 Å². The van der Waals surface area contributed by atoms with E-state index in [1.54, 1.807) is 0 Å². The van der Waals surface area contributed by atoms with Crippen molar-refractivity contribution < 1.29 is 14.9 Å². The van der Waals surface area contributed by atoms with E-state index in [1.807, 2.05) is 0 Å². The molecule has 0 rings (SSSR count). The van der Waals surface area contributed by atoms with E-state index in [0.717, 1.165) is 6.54 Å². The molecule has 0 saturated heterocycles. The van der Waals surface area contributed by atoms with E-state index in [9.17, 15) is 0 Å². The summed E-state index contributed by atoms with van der Waals surface area (Å²) in [6, 6.07) is 0. The average Bonchev–Trinajstić information content (AvgIpc) is 2.21. The predicted molar refractivity (Wildman–Crippen MR) is 79.3 cm³/mol. The molecule has 0 radical (unpaired) electrons. The van der Waals surface area contributed by atoms with Crippen LogP contribution in [-0.4, -0.2) is 60.2 Å². The molecule has 0 amide bonds. The van der Waals surface area contributed by atoms with Crippen molar-refractivity contribution in [3.8, 4) is 0 Å². The molecule has 4 nitrogen and oxygen atoms in total. The van der Waals surface area contributed by atoms with Gasteiger partial charge >= 0.3 is 0 Å². The Labute approximate surface area is 118 Å². The summed E-state index contributed by atoms with van der Waals surface area (Å²) in [7, 11) is 0. The van der Waals surface area contributed by atoms with Crippen LogP contribution in [0.4, 0.5) is 0 Å². The van der Waals surface area contributed by atoms with Gasteiger partial charge in [0.25, 0.3) is 0 Å². The number of hydrogen-bond acceptors (Lipinski definition) is 4. The first-order valence-electron chi connectivity index (χ1n) is 7.18. The van der Waals surface area contributed by atoms with E-state index in [4.69, 9.17) is 14.9 Å². The second kappa shape index (κ2) is 8.20. The zero-order valence-electron chi connectivity index (χ0n) is 13.6. The number of ether oxygens (including phenoxy) is 1. The summed E-state index contributed by atoms with van der Waals surface area (Å²) in [4.78, 5) is 2.10. The molecule has 0 aliphatic carbocycles. The maximum absolute atomic E-state index is 9.08. The van der Waals surface area contributed by atoms with E-state index in [2.05, 4.69) is 46.4 Å². The van der Waals surface area contributed by atoms with E-state index < -0.39 is 0 Å². The third-order valence-electron chi connectivity index (χ3n) is 3.25. The molecule has 0 fully saturated rings. The standard InChI is InChI=1S/C15H33NO3/c1-14(2,3)13(12-19-15(4,5)6)11-16(7-9-17)8-10-18/h13,17-18H,7-12H2,1-6H3. The van der Waals surface area contributed by atoms with Crippen molar-refractivity contribution in [1.29, 1.82) is 0 Å². The molecule has 19 heavy (non-hydrogen) atoms. The second-order valence-electron chi connectivity index (χ2n) is 7.23. The Morgan fingerprint density at radius 3 is 1.74 bits per heavy atom. The maximum atomic E-state index is 9.08. The first kappa shape index (κ1) is 18.8. The van der Waals surface area contributed by atoms with Crippen LogP contribution in [-0.2, 0) is 4.74 Å². The fourth-order valence-electron chi connectivity index (χ4n) is 1.82. The molecule has 0 heterocycles. The molecule has 1 unspecified atom stereocenters. The molecule has 0 aromatic carbocycles. The van der Waals surface area contributed by atoms with Crippen molar-refractivity contribution in [2.45, 2.75) is 47.1 Å². The molecule has 1 atom stereocenters. The minimum Gasteiger partial charge on any atom is -0.395 e. The lowest BCUT2D eigenvalue weighted by Gasteiger charge is -2.36. The van der Waals surface area contributed by atoms with Crippen LogP contribution in [0.3, 0.4) is 0 Å². The average molecular weight is 275 g/mol. The number of aliphatic hydroxyl groups excluding tert-OH is 2. The highest BCUT2D eigenvalue weighted by Crippen LogP contribution is 2.28. The van der Waals surface area contributed by atoms with Crippen LogP contribution < -0.4 is 0 Å². The van der Waals surface area contributed by atoms with Gasteiger partial charge in [0.15, 0.2) is 0 Å². The smallest absolute Gasteiger partial charge is 0.0598 e. The summed E-state index contributed by atoms with van der Waals surface area (Å²) in [6.45, 7) is 15.8. The van der Waals surface area contributed by atoms with E-state index in [1.165, 1.54) is 0 Å². The minimum absolute atomic E-state index is 0.122. The Balaban J connectivity index is 4.57. The Morgan fingerprint density at radius 1 is 0.947 bits per heavy atom. The monoisotopic (exact) mass is 275 g/mol. The topological polar surface area (TPSA) is 52.9 Å². The molecule has 0 aliphatic heterocycles. The fraction of sp³-hybridized carbons (Fsp3) is 1.00. The lowest BCUT2D eigenvalue weighted by Crippen LogP contribution is -2.41. The van der Waals surface area contributed by atoms with Gasteiger partial charge in [-0.15, -0.1) is 0 Å². The van der Waals surface area contributed by atoms with E-state index >= 15 is 0 Å². The number of hydrogen-bond donors (Lipinski definition) is 2. The Kier molecular flexibility index (Phi) is 8.13. The molecule has 0 aromatic rings. The molecular formula is C15H33NO3. The fourth-order valence-corrected chi connectivity index (χ4v) is 1.82. The van der Waals surface area contributed by atoms with Crippen LogP contribution in [0.15, 0.2) is 0 Å². The largest absolute Gasteiger partial charge is 0.395 e. The van der Waals surface area contributed by atoms with Gasteiger partial charge < -0.3 is 14.9 Å². The predicted octanol–water partition coefficient (Wildman–Crippen LogP) is 1.75. The van der Waals surface area contributed by atoms with Crippen molar-refractivity contribution >= 4 is 0 Å². The summed E-state index contributed by atoms with van der Waals surface area (Å²) >= 11 is 0. The van der Waals surface area contributed by atoms with Crippen molar-refractivity contribution in [2.24, 2.45) is 11.3 Å². The summed E-state index contributed by atoms with van der Waals surface area (Å²) < 4.78 is 5.92. The van der Waals surface area contributed by atoms with Crippen LogP contribution in [0.2, 0.25) is 0 Å². The summed E-state index contributed by atoms with van der Waals surface area (Å²) in [5, 5.41) is 18.2. The first-order chi connectivity index (χ1) is 8.60. The molecule has 0 bridgehead atoms. The van der Waals surface area contributed by atoms with Gasteiger partial charge in [-0.05, 0) is 32.1 Å². The van der Waals surface area contributed by atoms with Gasteiger partial charge in [-0.3, -0.25) is 4.90 Å². The number of nitrogens with zero attached hydrogens (tertiary/aromatic N) is 1. The SMILES string of the molecule is CC(C)(C)OCC(CN(CCO)CCO)C(C)(C)C. The molecule has 116 valence electrons. The second-order valence-corrected chi connectivity index (χ2v) is 7.23. The summed E-state index contributed by atoms with van der Waals surface area (Å²) in [5.41, 5.74) is -0.00328. The van der Waals surface area contributed by atoms with Gasteiger partial charge in [0, 0.05) is 19.6 Å². The van der Waals surface area contributed by atoms with Gasteiger partial charge in [-0.2, -0.15) is 0 Å². The highest BCUT2D eigenvalue weighted by Gasteiger charge is 2.28. The molecule has 0 saturated carbocycles. The Morgan fingerprint density at radius 2 is 1.42 bits per heavy atom. The van der Waals surface area contributed by atoms with Crippen LogP contribution in [0.5, 0.6) is 0 Å². The zero-order valence-corrected chi connectivity index (χ0v) is 13.6. The number of aliphatic hydroxyl groups is 2. The Hall–Kier alpha value is -0.160. The molecule has 0 aliphatic rings. The van der Waals surface area contributed by atoms with Gasteiger partial charge in [0.05, 0.1) is 25.4 Å². The lowest BCUT2D eigenvalue weighted by molar-refractivity contribution is -0.0501. The number of rotatable bonds is 8. The highest BCUT2D eigenvalue weighted by atomic mass is 16.5. The van der Waals surface area contributed by atoms with Crippen LogP contribution in [0.1, 0.15) is 41.5 Å². The molecule has 4 heteroatoms. The third-order valence-corrected chi connectivity index (χ3v) is 3.25. The normalized spacial score (nSPS) is 15.0. The zero-order chi connectivity index (χ0) is 15.1. The molecule has 0 aromatic heterocycles. The Bertz CT molecular complexity index is 225. The van der Waals surface area contributed by atoms with Crippen molar-refractivity contribution in [1.82, 2.24) is 4.90 Å². The van der Waals surface area contributed by atoms with Crippen LogP contribution in [0.25, 0.3) is 0 Å². The minimum atomic E-state index is -0.137. The molecular weight excluding hydrogens is 242 g/mol. The van der Waals surface area contributed by atoms with Crippen LogP contribution in [0, 0.1) is 11.3 Å². The quantitative estimate of drug-likeness (QED) is 0.708. The summed E-state index contributed by atoms with van der Waals surface area (Å²) in [6.07, 6.45) is 0.